The fourth-order valence-electron chi connectivity index (χ4n) is 1.89. The Hall–Kier alpha value is -1.66. The lowest BCUT2D eigenvalue weighted by molar-refractivity contribution is -0.385. The third-order valence-corrected chi connectivity index (χ3v) is 3.05. The number of methoxy groups -OCH3 is 1. The van der Waals surface area contributed by atoms with Crippen LogP contribution in [-0.4, -0.2) is 36.5 Å². The Morgan fingerprint density at radius 3 is 2.80 bits per heavy atom. The summed E-state index contributed by atoms with van der Waals surface area (Å²) in [5, 5.41) is 13.7. The van der Waals surface area contributed by atoms with Crippen LogP contribution in [0.25, 0.3) is 0 Å². The predicted octanol–water partition coefficient (Wildman–Crippen LogP) is 2.28. The second kappa shape index (κ2) is 7.81. The van der Waals surface area contributed by atoms with E-state index in [1.165, 1.54) is 13.2 Å². The van der Waals surface area contributed by atoms with Gasteiger partial charge in [0.2, 0.25) is 0 Å². The number of nitrogens with zero attached hydrogens (tertiary/aromatic N) is 1. The van der Waals surface area contributed by atoms with E-state index in [4.69, 9.17) is 16.3 Å². The molecule has 1 unspecified atom stereocenters. The van der Waals surface area contributed by atoms with Crippen molar-refractivity contribution in [2.45, 2.75) is 19.4 Å². The topological polar surface area (TPSA) is 81.5 Å². The van der Waals surface area contributed by atoms with Crippen LogP contribution in [0, 0.1) is 17.0 Å². The van der Waals surface area contributed by atoms with Crippen molar-refractivity contribution in [1.29, 1.82) is 0 Å². The number of hydrogen-bond donors (Lipinski definition) is 1. The molecule has 1 atom stereocenters. The maximum Gasteiger partial charge on any atom is 0.282 e. The van der Waals surface area contributed by atoms with Crippen molar-refractivity contribution in [1.82, 2.24) is 5.32 Å². The molecule has 0 saturated heterocycles. The van der Waals surface area contributed by atoms with Gasteiger partial charge in [-0.2, -0.15) is 0 Å². The molecule has 7 heteroatoms. The van der Waals surface area contributed by atoms with Crippen LogP contribution in [0.15, 0.2) is 18.2 Å². The molecule has 0 fully saturated rings. The van der Waals surface area contributed by atoms with Crippen molar-refractivity contribution in [3.05, 3.63) is 39.4 Å². The van der Waals surface area contributed by atoms with E-state index >= 15 is 0 Å². The Balaban J connectivity index is 2.99. The molecule has 6 nitrogen and oxygen atoms in total. The summed E-state index contributed by atoms with van der Waals surface area (Å²) in [4.78, 5) is 22.7. The third kappa shape index (κ3) is 4.18. The standard InChI is InChI=1S/C13H17ClN2O4/c1-9-4-3-5-11(16(18)19)12(9)13(17)15-10(6-7-14)8-20-2/h3-5,10H,6-8H2,1-2H3,(H,15,17). The molecule has 0 aliphatic heterocycles. The number of carbonyl (C=O) groups is 1. The Morgan fingerprint density at radius 2 is 2.25 bits per heavy atom. The van der Waals surface area contributed by atoms with Gasteiger partial charge < -0.3 is 10.1 Å². The van der Waals surface area contributed by atoms with E-state index in [1.807, 2.05) is 0 Å². The molecule has 1 aromatic rings. The van der Waals surface area contributed by atoms with Gasteiger partial charge in [-0.3, -0.25) is 14.9 Å². The van der Waals surface area contributed by atoms with Gasteiger partial charge in [0, 0.05) is 19.1 Å². The second-order valence-electron chi connectivity index (χ2n) is 4.33. The number of aryl methyl sites for hydroxylation is 1. The Labute approximate surface area is 122 Å². The highest BCUT2D eigenvalue weighted by molar-refractivity contribution is 6.17. The molecule has 0 spiro atoms. The highest BCUT2D eigenvalue weighted by Gasteiger charge is 2.23. The average Bonchev–Trinajstić information content (AvgIpc) is 2.38. The van der Waals surface area contributed by atoms with E-state index in [2.05, 4.69) is 5.32 Å². The molecule has 1 amide bonds. The van der Waals surface area contributed by atoms with Gasteiger partial charge in [-0.1, -0.05) is 12.1 Å². The van der Waals surface area contributed by atoms with Gasteiger partial charge >= 0.3 is 0 Å². The van der Waals surface area contributed by atoms with Crippen molar-refractivity contribution < 1.29 is 14.5 Å². The lowest BCUT2D eigenvalue weighted by atomic mass is 10.1. The fraction of sp³-hybridized carbons (Fsp3) is 0.462. The number of rotatable bonds is 7. The number of amides is 1. The fourth-order valence-corrected chi connectivity index (χ4v) is 2.15. The predicted molar refractivity (Wildman–Crippen MR) is 76.3 cm³/mol. The number of halogens is 1. The molecule has 1 N–H and O–H groups in total. The van der Waals surface area contributed by atoms with Crippen LogP contribution in [0.2, 0.25) is 0 Å². The van der Waals surface area contributed by atoms with Crippen molar-refractivity contribution in [3.63, 3.8) is 0 Å². The molecule has 0 aliphatic carbocycles. The van der Waals surface area contributed by atoms with Crippen LogP contribution in [-0.2, 0) is 4.74 Å². The third-order valence-electron chi connectivity index (χ3n) is 2.84. The van der Waals surface area contributed by atoms with E-state index < -0.39 is 10.8 Å². The SMILES string of the molecule is COCC(CCCl)NC(=O)c1c(C)cccc1[N+](=O)[O-]. The summed E-state index contributed by atoms with van der Waals surface area (Å²) in [5.74, 6) is -0.119. The summed E-state index contributed by atoms with van der Waals surface area (Å²) in [6.07, 6.45) is 0.529. The molecule has 0 bridgehead atoms. The highest BCUT2D eigenvalue weighted by atomic mass is 35.5. The Morgan fingerprint density at radius 1 is 1.55 bits per heavy atom. The lowest BCUT2D eigenvalue weighted by Gasteiger charge is -2.17. The minimum absolute atomic E-state index is 0.0770. The molecule has 110 valence electrons. The Kier molecular flexibility index (Phi) is 6.41. The first kappa shape index (κ1) is 16.4. The molecular formula is C13H17ClN2O4. The zero-order valence-electron chi connectivity index (χ0n) is 11.4. The van der Waals surface area contributed by atoms with Gasteiger partial charge in [0.25, 0.3) is 11.6 Å². The summed E-state index contributed by atoms with van der Waals surface area (Å²) in [6, 6.07) is 4.25. The van der Waals surface area contributed by atoms with Gasteiger partial charge in [0.05, 0.1) is 17.6 Å². The van der Waals surface area contributed by atoms with Crippen LogP contribution in [0.1, 0.15) is 22.3 Å². The molecule has 20 heavy (non-hydrogen) atoms. The quantitative estimate of drug-likeness (QED) is 0.476. The Bertz CT molecular complexity index is 487. The number of nitro benzene ring substituents is 1. The minimum atomic E-state index is -0.561. The van der Waals surface area contributed by atoms with Gasteiger partial charge in [0.1, 0.15) is 5.56 Å². The molecule has 0 saturated carbocycles. The van der Waals surface area contributed by atoms with Crippen molar-refractivity contribution >= 4 is 23.2 Å². The monoisotopic (exact) mass is 300 g/mol. The van der Waals surface area contributed by atoms with E-state index in [-0.39, 0.29) is 17.3 Å². The molecule has 0 radical (unpaired) electrons. The summed E-state index contributed by atoms with van der Waals surface area (Å²) in [5.41, 5.74) is 0.427. The van der Waals surface area contributed by atoms with Crippen molar-refractivity contribution in [2.75, 3.05) is 19.6 Å². The second-order valence-corrected chi connectivity index (χ2v) is 4.71. The van der Waals surface area contributed by atoms with Crippen molar-refractivity contribution in [3.8, 4) is 0 Å². The van der Waals surface area contributed by atoms with Crippen LogP contribution in [0.4, 0.5) is 5.69 Å². The highest BCUT2D eigenvalue weighted by Crippen LogP contribution is 2.21. The molecule has 1 rings (SSSR count). The molecule has 0 aliphatic rings. The lowest BCUT2D eigenvalue weighted by Crippen LogP contribution is -2.38. The van der Waals surface area contributed by atoms with Gasteiger partial charge in [0.15, 0.2) is 0 Å². The first-order valence-corrected chi connectivity index (χ1v) is 6.64. The largest absolute Gasteiger partial charge is 0.383 e. The van der Waals surface area contributed by atoms with Crippen LogP contribution >= 0.6 is 11.6 Å². The first-order chi connectivity index (χ1) is 9.51. The van der Waals surface area contributed by atoms with Crippen LogP contribution in [0.3, 0.4) is 0 Å². The number of carbonyl (C=O) groups excluding carboxylic acids is 1. The number of alkyl halides is 1. The van der Waals surface area contributed by atoms with Gasteiger partial charge in [-0.05, 0) is 18.9 Å². The number of benzene rings is 1. The van der Waals surface area contributed by atoms with Gasteiger partial charge in [-0.15, -0.1) is 11.6 Å². The average molecular weight is 301 g/mol. The molecule has 0 aromatic heterocycles. The maximum absolute atomic E-state index is 12.2. The zero-order valence-corrected chi connectivity index (χ0v) is 12.1. The maximum atomic E-state index is 12.2. The van der Waals surface area contributed by atoms with E-state index in [0.717, 1.165) is 0 Å². The van der Waals surface area contributed by atoms with E-state index in [0.29, 0.717) is 24.5 Å². The van der Waals surface area contributed by atoms with Crippen LogP contribution < -0.4 is 5.32 Å². The van der Waals surface area contributed by atoms with E-state index in [9.17, 15) is 14.9 Å². The summed E-state index contributed by atoms with van der Waals surface area (Å²) in [7, 11) is 1.52. The minimum Gasteiger partial charge on any atom is -0.383 e. The summed E-state index contributed by atoms with van der Waals surface area (Å²) >= 11 is 5.66. The van der Waals surface area contributed by atoms with Gasteiger partial charge in [-0.25, -0.2) is 0 Å². The van der Waals surface area contributed by atoms with Crippen molar-refractivity contribution in [2.24, 2.45) is 0 Å². The molecular weight excluding hydrogens is 284 g/mol. The zero-order chi connectivity index (χ0) is 15.1. The smallest absolute Gasteiger partial charge is 0.282 e. The molecule has 0 heterocycles. The number of nitrogens with one attached hydrogen (secondary N) is 1. The number of hydrogen-bond acceptors (Lipinski definition) is 4. The van der Waals surface area contributed by atoms with Crippen LogP contribution in [0.5, 0.6) is 0 Å². The summed E-state index contributed by atoms with van der Waals surface area (Å²) in [6.45, 7) is 1.97. The molecule has 1 aromatic carbocycles. The first-order valence-electron chi connectivity index (χ1n) is 6.11. The van der Waals surface area contributed by atoms with E-state index in [1.54, 1.807) is 19.1 Å². The summed E-state index contributed by atoms with van der Waals surface area (Å²) < 4.78 is 4.99. The number of ether oxygens (including phenoxy) is 1. The number of nitro groups is 1. The normalized spacial score (nSPS) is 11.9.